The van der Waals surface area contributed by atoms with Crippen LogP contribution in [0.5, 0.6) is 5.75 Å². The SMILES string of the molecule is COc1ccc(CNC(=O)CCN2CC=C(c3cnn(C)c3)CC2)cc1. The van der Waals surface area contributed by atoms with Gasteiger partial charge in [0.1, 0.15) is 5.75 Å². The third-order valence-corrected chi connectivity index (χ3v) is 4.67. The molecule has 0 aliphatic carbocycles. The van der Waals surface area contributed by atoms with Crippen LogP contribution in [0, 0.1) is 0 Å². The van der Waals surface area contributed by atoms with Gasteiger partial charge in [0.25, 0.3) is 0 Å². The Labute approximate surface area is 154 Å². The van der Waals surface area contributed by atoms with Crippen molar-refractivity contribution in [3.8, 4) is 5.75 Å². The van der Waals surface area contributed by atoms with Crippen LogP contribution in [-0.4, -0.2) is 47.3 Å². The number of hydrogen-bond acceptors (Lipinski definition) is 4. The van der Waals surface area contributed by atoms with Crippen molar-refractivity contribution in [2.24, 2.45) is 7.05 Å². The summed E-state index contributed by atoms with van der Waals surface area (Å²) in [6.07, 6.45) is 7.73. The molecular weight excluding hydrogens is 328 g/mol. The van der Waals surface area contributed by atoms with Gasteiger partial charge in [-0.25, -0.2) is 0 Å². The predicted octanol–water partition coefficient (Wildman–Crippen LogP) is 2.22. The highest BCUT2D eigenvalue weighted by atomic mass is 16.5. The van der Waals surface area contributed by atoms with Gasteiger partial charge < -0.3 is 10.1 Å². The average molecular weight is 354 g/mol. The summed E-state index contributed by atoms with van der Waals surface area (Å²) in [5, 5.41) is 7.21. The number of carbonyl (C=O) groups excluding carboxylic acids is 1. The van der Waals surface area contributed by atoms with Crippen LogP contribution in [-0.2, 0) is 18.4 Å². The van der Waals surface area contributed by atoms with Crippen LogP contribution in [0.4, 0.5) is 0 Å². The second kappa shape index (κ2) is 8.67. The van der Waals surface area contributed by atoms with Crippen LogP contribution in [0.15, 0.2) is 42.7 Å². The summed E-state index contributed by atoms with van der Waals surface area (Å²) in [4.78, 5) is 14.4. The molecule has 1 aromatic heterocycles. The highest BCUT2D eigenvalue weighted by molar-refractivity contribution is 5.76. The van der Waals surface area contributed by atoms with Crippen LogP contribution in [0.25, 0.3) is 5.57 Å². The molecule has 0 saturated heterocycles. The molecule has 0 spiro atoms. The fourth-order valence-corrected chi connectivity index (χ4v) is 3.06. The molecule has 0 bridgehead atoms. The van der Waals surface area contributed by atoms with Gasteiger partial charge in [-0.2, -0.15) is 5.10 Å². The number of aryl methyl sites for hydroxylation is 1. The minimum absolute atomic E-state index is 0.0860. The Bertz CT molecular complexity index is 764. The molecular formula is C20H26N4O2. The molecule has 0 saturated carbocycles. The first kappa shape index (κ1) is 18.2. The van der Waals surface area contributed by atoms with E-state index in [1.807, 2.05) is 48.4 Å². The molecule has 0 unspecified atom stereocenters. The molecule has 0 fully saturated rings. The number of ether oxygens (including phenoxy) is 1. The van der Waals surface area contributed by atoms with Gasteiger partial charge in [0, 0.05) is 51.4 Å². The molecule has 6 heteroatoms. The second-order valence-corrected chi connectivity index (χ2v) is 6.56. The van der Waals surface area contributed by atoms with E-state index in [9.17, 15) is 4.79 Å². The minimum atomic E-state index is 0.0860. The first-order chi connectivity index (χ1) is 12.6. The number of hydrogen-bond donors (Lipinski definition) is 1. The van der Waals surface area contributed by atoms with Crippen molar-refractivity contribution in [2.75, 3.05) is 26.7 Å². The van der Waals surface area contributed by atoms with E-state index in [-0.39, 0.29) is 5.91 Å². The maximum atomic E-state index is 12.1. The number of aromatic nitrogens is 2. The third-order valence-electron chi connectivity index (χ3n) is 4.67. The summed E-state index contributed by atoms with van der Waals surface area (Å²) in [5.74, 6) is 0.909. The van der Waals surface area contributed by atoms with E-state index in [4.69, 9.17) is 4.74 Å². The van der Waals surface area contributed by atoms with Gasteiger partial charge in [-0.1, -0.05) is 18.2 Å². The molecule has 0 atom stereocenters. The Morgan fingerprint density at radius 1 is 1.31 bits per heavy atom. The van der Waals surface area contributed by atoms with E-state index in [2.05, 4.69) is 21.4 Å². The second-order valence-electron chi connectivity index (χ2n) is 6.56. The van der Waals surface area contributed by atoms with Crippen LogP contribution in [0.2, 0.25) is 0 Å². The molecule has 3 rings (SSSR count). The molecule has 1 amide bonds. The van der Waals surface area contributed by atoms with Gasteiger partial charge >= 0.3 is 0 Å². The summed E-state index contributed by atoms with van der Waals surface area (Å²) < 4.78 is 6.96. The van der Waals surface area contributed by atoms with E-state index in [0.717, 1.165) is 37.4 Å². The van der Waals surface area contributed by atoms with E-state index in [1.165, 1.54) is 11.1 Å². The summed E-state index contributed by atoms with van der Waals surface area (Å²) in [5.41, 5.74) is 3.61. The average Bonchev–Trinajstić information content (AvgIpc) is 3.12. The van der Waals surface area contributed by atoms with Crippen LogP contribution >= 0.6 is 0 Å². The third kappa shape index (κ3) is 4.95. The van der Waals surface area contributed by atoms with Crippen LogP contribution in [0.1, 0.15) is 24.0 Å². The van der Waals surface area contributed by atoms with Gasteiger partial charge in [0.05, 0.1) is 13.3 Å². The van der Waals surface area contributed by atoms with Gasteiger partial charge in [0.15, 0.2) is 0 Å². The number of benzene rings is 1. The molecule has 6 nitrogen and oxygen atoms in total. The zero-order valence-electron chi connectivity index (χ0n) is 15.4. The fraction of sp³-hybridized carbons (Fsp3) is 0.400. The van der Waals surface area contributed by atoms with Crippen molar-refractivity contribution in [3.05, 3.63) is 53.9 Å². The van der Waals surface area contributed by atoms with Crippen molar-refractivity contribution >= 4 is 11.5 Å². The Kier molecular flexibility index (Phi) is 6.07. The van der Waals surface area contributed by atoms with Gasteiger partial charge in [-0.3, -0.25) is 14.4 Å². The first-order valence-corrected chi connectivity index (χ1v) is 8.94. The van der Waals surface area contributed by atoms with Crippen molar-refractivity contribution in [2.45, 2.75) is 19.4 Å². The zero-order chi connectivity index (χ0) is 18.4. The number of nitrogens with one attached hydrogen (secondary N) is 1. The Morgan fingerprint density at radius 3 is 2.73 bits per heavy atom. The van der Waals surface area contributed by atoms with Crippen molar-refractivity contribution in [1.29, 1.82) is 0 Å². The highest BCUT2D eigenvalue weighted by Crippen LogP contribution is 2.21. The lowest BCUT2D eigenvalue weighted by atomic mass is 10.0. The molecule has 0 radical (unpaired) electrons. The van der Waals surface area contributed by atoms with E-state index >= 15 is 0 Å². The molecule has 138 valence electrons. The number of carbonyl (C=O) groups is 1. The lowest BCUT2D eigenvalue weighted by Crippen LogP contribution is -2.33. The fourth-order valence-electron chi connectivity index (χ4n) is 3.06. The highest BCUT2D eigenvalue weighted by Gasteiger charge is 2.14. The number of nitrogens with zero attached hydrogens (tertiary/aromatic N) is 3. The summed E-state index contributed by atoms with van der Waals surface area (Å²) in [7, 11) is 3.58. The van der Waals surface area contributed by atoms with E-state index < -0.39 is 0 Å². The van der Waals surface area contributed by atoms with Crippen molar-refractivity contribution in [3.63, 3.8) is 0 Å². The molecule has 26 heavy (non-hydrogen) atoms. The first-order valence-electron chi connectivity index (χ1n) is 8.94. The summed E-state index contributed by atoms with van der Waals surface area (Å²) in [6, 6.07) is 7.74. The molecule has 1 N–H and O–H groups in total. The molecule has 1 aliphatic rings. The minimum Gasteiger partial charge on any atom is -0.497 e. The lowest BCUT2D eigenvalue weighted by Gasteiger charge is -2.25. The largest absolute Gasteiger partial charge is 0.497 e. The van der Waals surface area contributed by atoms with E-state index in [0.29, 0.717) is 13.0 Å². The summed E-state index contributed by atoms with van der Waals surface area (Å²) >= 11 is 0. The molecule has 1 aliphatic heterocycles. The lowest BCUT2D eigenvalue weighted by molar-refractivity contribution is -0.121. The summed E-state index contributed by atoms with van der Waals surface area (Å²) in [6.45, 7) is 3.20. The zero-order valence-corrected chi connectivity index (χ0v) is 15.4. The quantitative estimate of drug-likeness (QED) is 0.828. The van der Waals surface area contributed by atoms with Gasteiger partial charge in [-0.05, 0) is 29.7 Å². The van der Waals surface area contributed by atoms with Crippen molar-refractivity contribution in [1.82, 2.24) is 20.0 Å². The predicted molar refractivity (Wildman–Crippen MR) is 102 cm³/mol. The van der Waals surface area contributed by atoms with E-state index in [1.54, 1.807) is 7.11 Å². The molecule has 2 heterocycles. The topological polar surface area (TPSA) is 59.4 Å². The number of amides is 1. The Morgan fingerprint density at radius 2 is 2.12 bits per heavy atom. The number of rotatable bonds is 7. The maximum Gasteiger partial charge on any atom is 0.221 e. The Balaban J connectivity index is 1.39. The standard InChI is InChI=1S/C20H26N4O2/c1-23-15-18(14-22-23)17-7-10-24(11-8-17)12-9-20(25)21-13-16-3-5-19(26-2)6-4-16/h3-7,14-15H,8-13H2,1-2H3,(H,21,25). The molecule has 2 aromatic rings. The van der Waals surface area contributed by atoms with Crippen LogP contribution < -0.4 is 10.1 Å². The maximum absolute atomic E-state index is 12.1. The van der Waals surface area contributed by atoms with Crippen LogP contribution in [0.3, 0.4) is 0 Å². The smallest absolute Gasteiger partial charge is 0.221 e. The van der Waals surface area contributed by atoms with Gasteiger partial charge in [-0.15, -0.1) is 0 Å². The number of methoxy groups -OCH3 is 1. The monoisotopic (exact) mass is 354 g/mol. The normalized spacial score (nSPS) is 14.8. The Hall–Kier alpha value is -2.60. The van der Waals surface area contributed by atoms with Gasteiger partial charge in [0.2, 0.25) is 5.91 Å². The molecule has 1 aromatic carbocycles. The van der Waals surface area contributed by atoms with Crippen molar-refractivity contribution < 1.29 is 9.53 Å².